The molecule has 36 heavy (non-hydrogen) atoms. The summed E-state index contributed by atoms with van der Waals surface area (Å²) in [5.74, 6) is 0.164. The molecular formula is C31H29ClFN3. The molecule has 2 fully saturated rings. The Morgan fingerprint density at radius 2 is 1.78 bits per heavy atom. The van der Waals surface area contributed by atoms with Crippen LogP contribution in [0.1, 0.15) is 36.8 Å². The summed E-state index contributed by atoms with van der Waals surface area (Å²) in [6.07, 6.45) is 6.87. The van der Waals surface area contributed by atoms with E-state index in [-0.39, 0.29) is 5.82 Å². The lowest BCUT2D eigenvalue weighted by molar-refractivity contribution is 0.331. The summed E-state index contributed by atoms with van der Waals surface area (Å²) in [7, 11) is 0. The smallest absolute Gasteiger partial charge is 0.125 e. The van der Waals surface area contributed by atoms with Crippen LogP contribution in [0.4, 0.5) is 15.8 Å². The first-order chi connectivity index (χ1) is 17.5. The zero-order valence-corrected chi connectivity index (χ0v) is 21.0. The molecule has 2 heterocycles. The first-order valence-electron chi connectivity index (χ1n) is 12.7. The first kappa shape index (κ1) is 23.2. The van der Waals surface area contributed by atoms with E-state index in [1.165, 1.54) is 56.5 Å². The highest BCUT2D eigenvalue weighted by atomic mass is 35.5. The molecule has 0 atom stereocenters. The molecule has 3 nitrogen and oxygen atoms in total. The molecule has 1 saturated heterocycles. The van der Waals surface area contributed by atoms with Crippen LogP contribution >= 0.6 is 11.6 Å². The van der Waals surface area contributed by atoms with Gasteiger partial charge in [0.2, 0.25) is 0 Å². The molecule has 4 aromatic rings. The SMILES string of the molecule is C=C(c1cnc2ccc(-c3cc(F)cc(Cl)c3)cc2c1Nc1ccc(CN2CCCC2)cc1)C1CC1. The number of nitrogens with zero attached hydrogens (tertiary/aromatic N) is 2. The van der Waals surface area contributed by atoms with Crippen LogP contribution in [0.25, 0.3) is 27.6 Å². The number of likely N-dealkylation sites (tertiary alicyclic amines) is 1. The molecule has 0 amide bonds. The number of benzene rings is 3. The molecule has 0 bridgehead atoms. The quantitative estimate of drug-likeness (QED) is 0.277. The molecule has 2 aliphatic rings. The number of fused-ring (bicyclic) bond motifs is 1. The van der Waals surface area contributed by atoms with Crippen molar-refractivity contribution < 1.29 is 4.39 Å². The third-order valence-electron chi connectivity index (χ3n) is 7.31. The molecule has 6 rings (SSSR count). The fourth-order valence-electron chi connectivity index (χ4n) is 5.16. The van der Waals surface area contributed by atoms with Gasteiger partial charge in [-0.3, -0.25) is 9.88 Å². The van der Waals surface area contributed by atoms with Crippen LogP contribution < -0.4 is 5.32 Å². The average Bonchev–Trinajstić information content (AvgIpc) is 3.60. The van der Waals surface area contributed by atoms with E-state index in [2.05, 4.69) is 47.1 Å². The maximum absolute atomic E-state index is 14.1. The number of allylic oxidation sites excluding steroid dienone is 1. The second-order valence-electron chi connectivity index (χ2n) is 10.0. The van der Waals surface area contributed by atoms with Crippen molar-refractivity contribution in [2.24, 2.45) is 5.92 Å². The molecule has 1 saturated carbocycles. The van der Waals surface area contributed by atoms with E-state index < -0.39 is 0 Å². The van der Waals surface area contributed by atoms with Crippen molar-refractivity contribution in [2.45, 2.75) is 32.2 Å². The fraction of sp³-hybridized carbons (Fsp3) is 0.258. The summed E-state index contributed by atoms with van der Waals surface area (Å²) in [6, 6.07) is 19.4. The van der Waals surface area contributed by atoms with Gasteiger partial charge >= 0.3 is 0 Å². The summed E-state index contributed by atoms with van der Waals surface area (Å²) in [5, 5.41) is 5.05. The molecule has 3 aromatic carbocycles. The summed E-state index contributed by atoms with van der Waals surface area (Å²) < 4.78 is 14.1. The lowest BCUT2D eigenvalue weighted by Gasteiger charge is -2.18. The van der Waals surface area contributed by atoms with Crippen LogP contribution in [0, 0.1) is 11.7 Å². The van der Waals surface area contributed by atoms with Gasteiger partial charge in [0.05, 0.1) is 11.2 Å². The number of nitrogens with one attached hydrogen (secondary N) is 1. The molecule has 1 aliphatic carbocycles. The van der Waals surface area contributed by atoms with Gasteiger partial charge in [0.15, 0.2) is 0 Å². The Labute approximate surface area is 216 Å². The molecule has 0 unspecified atom stereocenters. The minimum atomic E-state index is -0.348. The first-order valence-corrected chi connectivity index (χ1v) is 13.1. The van der Waals surface area contributed by atoms with Crippen LogP contribution in [-0.4, -0.2) is 23.0 Å². The van der Waals surface area contributed by atoms with E-state index in [9.17, 15) is 4.39 Å². The maximum atomic E-state index is 14.1. The lowest BCUT2D eigenvalue weighted by Crippen LogP contribution is -2.18. The lowest BCUT2D eigenvalue weighted by atomic mass is 9.97. The Morgan fingerprint density at radius 3 is 2.50 bits per heavy atom. The van der Waals surface area contributed by atoms with Crippen LogP contribution in [0.2, 0.25) is 5.02 Å². The number of rotatable bonds is 7. The second kappa shape index (κ2) is 9.68. The number of hydrogen-bond donors (Lipinski definition) is 1. The number of anilines is 2. The molecule has 1 aromatic heterocycles. The van der Waals surface area contributed by atoms with Crippen molar-refractivity contribution in [1.29, 1.82) is 0 Å². The highest BCUT2D eigenvalue weighted by Gasteiger charge is 2.27. The molecule has 0 spiro atoms. The number of halogens is 2. The van der Waals surface area contributed by atoms with Crippen molar-refractivity contribution in [1.82, 2.24) is 9.88 Å². The third-order valence-corrected chi connectivity index (χ3v) is 7.53. The number of pyridine rings is 1. The maximum Gasteiger partial charge on any atom is 0.125 e. The Balaban J connectivity index is 1.39. The highest BCUT2D eigenvalue weighted by molar-refractivity contribution is 6.30. The average molecular weight is 498 g/mol. The Kier molecular flexibility index (Phi) is 6.24. The van der Waals surface area contributed by atoms with Crippen molar-refractivity contribution in [3.8, 4) is 11.1 Å². The fourth-order valence-corrected chi connectivity index (χ4v) is 5.38. The molecule has 5 heteroatoms. The largest absolute Gasteiger partial charge is 0.354 e. The van der Waals surface area contributed by atoms with Crippen molar-refractivity contribution in [2.75, 3.05) is 18.4 Å². The van der Waals surface area contributed by atoms with Crippen LogP contribution in [0.15, 0.2) is 73.4 Å². The number of hydrogen-bond acceptors (Lipinski definition) is 3. The summed E-state index contributed by atoms with van der Waals surface area (Å²) in [5.41, 5.74) is 8.02. The van der Waals surface area contributed by atoms with E-state index in [1.54, 1.807) is 6.07 Å². The Hall–Kier alpha value is -3.21. The van der Waals surface area contributed by atoms with E-state index in [4.69, 9.17) is 16.6 Å². The van der Waals surface area contributed by atoms with Gasteiger partial charge in [0, 0.05) is 34.4 Å². The van der Waals surface area contributed by atoms with Crippen molar-refractivity contribution in [3.63, 3.8) is 0 Å². The highest BCUT2D eigenvalue weighted by Crippen LogP contribution is 2.45. The molecule has 1 N–H and O–H groups in total. The molecule has 0 radical (unpaired) electrons. The summed E-state index contributed by atoms with van der Waals surface area (Å²) >= 11 is 6.15. The van der Waals surface area contributed by atoms with Gasteiger partial charge in [0.1, 0.15) is 5.82 Å². The molecule has 182 valence electrons. The monoisotopic (exact) mass is 497 g/mol. The zero-order chi connectivity index (χ0) is 24.6. The van der Waals surface area contributed by atoms with Crippen molar-refractivity contribution >= 4 is 39.5 Å². The Bertz CT molecular complexity index is 1420. The van der Waals surface area contributed by atoms with Gasteiger partial charge in [-0.1, -0.05) is 36.4 Å². The van der Waals surface area contributed by atoms with Crippen LogP contribution in [0.5, 0.6) is 0 Å². The van der Waals surface area contributed by atoms with Crippen LogP contribution in [0.3, 0.4) is 0 Å². The van der Waals surface area contributed by atoms with Crippen molar-refractivity contribution in [3.05, 3.63) is 95.4 Å². The summed E-state index contributed by atoms with van der Waals surface area (Å²) in [4.78, 5) is 7.26. The van der Waals surface area contributed by atoms with Gasteiger partial charge in [-0.05, 0) is 109 Å². The minimum Gasteiger partial charge on any atom is -0.354 e. The van der Waals surface area contributed by atoms with Gasteiger partial charge in [-0.15, -0.1) is 0 Å². The van der Waals surface area contributed by atoms with Gasteiger partial charge in [-0.2, -0.15) is 0 Å². The molecular weight excluding hydrogens is 469 g/mol. The molecule has 1 aliphatic heterocycles. The van der Waals surface area contributed by atoms with E-state index in [1.807, 2.05) is 18.3 Å². The predicted molar refractivity (Wildman–Crippen MR) is 148 cm³/mol. The Morgan fingerprint density at radius 1 is 1.00 bits per heavy atom. The summed E-state index contributed by atoms with van der Waals surface area (Å²) in [6.45, 7) is 7.80. The van der Waals surface area contributed by atoms with E-state index >= 15 is 0 Å². The topological polar surface area (TPSA) is 28.2 Å². The zero-order valence-electron chi connectivity index (χ0n) is 20.2. The standard InChI is InChI=1S/C31H29ClFN3/c1-20(22-6-7-22)29-18-34-30-11-8-23(24-14-25(32)17-26(33)15-24)16-28(30)31(29)35-27-9-4-21(5-10-27)19-36-12-2-3-13-36/h4-5,8-11,14-18,22H,1-3,6-7,12-13,19H2,(H,34,35). The normalized spacial score (nSPS) is 15.9. The number of aromatic nitrogens is 1. The van der Waals surface area contributed by atoms with Gasteiger partial charge in [-0.25, -0.2) is 4.39 Å². The van der Waals surface area contributed by atoms with E-state index in [0.717, 1.165) is 51.1 Å². The van der Waals surface area contributed by atoms with Gasteiger partial charge in [0.25, 0.3) is 0 Å². The third kappa shape index (κ3) is 4.88. The predicted octanol–water partition coefficient (Wildman–Crippen LogP) is 8.46. The van der Waals surface area contributed by atoms with Crippen LogP contribution in [-0.2, 0) is 6.54 Å². The minimum absolute atomic E-state index is 0.348. The van der Waals surface area contributed by atoms with Gasteiger partial charge < -0.3 is 5.32 Å². The van der Waals surface area contributed by atoms with E-state index in [0.29, 0.717) is 10.9 Å². The second-order valence-corrected chi connectivity index (χ2v) is 10.5.